The molecule has 1 aromatic heterocycles. The van der Waals surface area contributed by atoms with Gasteiger partial charge < -0.3 is 24.2 Å². The van der Waals surface area contributed by atoms with E-state index in [9.17, 15) is 4.79 Å². The van der Waals surface area contributed by atoms with Crippen LogP contribution in [0.1, 0.15) is 16.9 Å². The molecule has 0 saturated carbocycles. The Kier molecular flexibility index (Phi) is 4.88. The van der Waals surface area contributed by atoms with Crippen LogP contribution < -0.4 is 19.7 Å². The van der Waals surface area contributed by atoms with Gasteiger partial charge in [-0.05, 0) is 12.3 Å². The number of amides is 1. The summed E-state index contributed by atoms with van der Waals surface area (Å²) in [4.78, 5) is 14.2. The van der Waals surface area contributed by atoms with Crippen molar-refractivity contribution >= 4 is 11.6 Å². The van der Waals surface area contributed by atoms with Crippen LogP contribution in [0.4, 0.5) is 5.69 Å². The number of nitrogens with zero attached hydrogens (tertiary/aromatic N) is 2. The monoisotopic (exact) mass is 331 g/mol. The molecular weight excluding hydrogens is 310 g/mol. The van der Waals surface area contributed by atoms with E-state index in [4.69, 9.17) is 9.47 Å². The number of rotatable bonds is 6. The average Bonchev–Trinajstić information content (AvgIpc) is 3.30. The van der Waals surface area contributed by atoms with Crippen LogP contribution in [0.2, 0.25) is 0 Å². The van der Waals surface area contributed by atoms with Gasteiger partial charge in [0.25, 0.3) is 5.91 Å². The molecule has 1 amide bonds. The molecule has 0 bridgehead atoms. The first-order valence-electron chi connectivity index (χ1n) is 7.86. The first-order valence-corrected chi connectivity index (χ1v) is 7.86. The Bertz CT molecular complexity index is 665. The minimum atomic E-state index is -0.203. The summed E-state index contributed by atoms with van der Waals surface area (Å²) in [5.74, 6) is 1.72. The van der Waals surface area contributed by atoms with E-state index in [-0.39, 0.29) is 5.91 Å². The molecule has 7 heteroatoms. The third-order valence-corrected chi connectivity index (χ3v) is 4.21. The SMILES string of the molecule is COc1cc(OC)cc(N2CC[C@H](CNC(=O)c3ccon3)C2)c1. The van der Waals surface area contributed by atoms with Crippen molar-refractivity contribution in [2.45, 2.75) is 6.42 Å². The maximum atomic E-state index is 11.9. The van der Waals surface area contributed by atoms with Gasteiger partial charge in [0.1, 0.15) is 17.8 Å². The Labute approximate surface area is 140 Å². The summed E-state index contributed by atoms with van der Waals surface area (Å²) in [7, 11) is 3.29. The highest BCUT2D eigenvalue weighted by atomic mass is 16.5. The molecule has 0 unspecified atom stereocenters. The van der Waals surface area contributed by atoms with E-state index >= 15 is 0 Å². The predicted molar refractivity (Wildman–Crippen MR) is 88.7 cm³/mol. The minimum absolute atomic E-state index is 0.203. The summed E-state index contributed by atoms with van der Waals surface area (Å²) < 4.78 is 15.3. The molecule has 3 rings (SSSR count). The zero-order valence-electron chi connectivity index (χ0n) is 13.8. The van der Waals surface area contributed by atoms with Gasteiger partial charge in [-0.25, -0.2) is 0 Å². The molecular formula is C17H21N3O4. The van der Waals surface area contributed by atoms with E-state index in [2.05, 4.69) is 19.9 Å². The van der Waals surface area contributed by atoms with Crippen LogP contribution in [-0.4, -0.2) is 44.9 Å². The second-order valence-corrected chi connectivity index (χ2v) is 5.77. The summed E-state index contributed by atoms with van der Waals surface area (Å²) in [5.41, 5.74) is 1.37. The second kappa shape index (κ2) is 7.25. The van der Waals surface area contributed by atoms with Crippen molar-refractivity contribution < 1.29 is 18.8 Å². The molecule has 1 N–H and O–H groups in total. The van der Waals surface area contributed by atoms with Crippen molar-refractivity contribution in [2.75, 3.05) is 38.8 Å². The fraction of sp³-hybridized carbons (Fsp3) is 0.412. The van der Waals surface area contributed by atoms with Gasteiger partial charge in [0.05, 0.1) is 14.2 Å². The van der Waals surface area contributed by atoms with Gasteiger partial charge in [0.2, 0.25) is 0 Å². The topological polar surface area (TPSA) is 76.8 Å². The lowest BCUT2D eigenvalue weighted by Gasteiger charge is -2.20. The quantitative estimate of drug-likeness (QED) is 0.872. The van der Waals surface area contributed by atoms with E-state index in [1.807, 2.05) is 18.2 Å². The molecule has 2 aromatic rings. The van der Waals surface area contributed by atoms with Gasteiger partial charge >= 0.3 is 0 Å². The number of anilines is 1. The van der Waals surface area contributed by atoms with Crippen molar-refractivity contribution in [2.24, 2.45) is 5.92 Å². The lowest BCUT2D eigenvalue weighted by molar-refractivity contribution is 0.0939. The van der Waals surface area contributed by atoms with Crippen molar-refractivity contribution in [3.63, 3.8) is 0 Å². The maximum Gasteiger partial charge on any atom is 0.273 e. The molecule has 1 fully saturated rings. The Morgan fingerprint density at radius 1 is 1.33 bits per heavy atom. The molecule has 0 spiro atoms. The minimum Gasteiger partial charge on any atom is -0.497 e. The van der Waals surface area contributed by atoms with Crippen molar-refractivity contribution in [1.82, 2.24) is 10.5 Å². The number of hydrogen-bond acceptors (Lipinski definition) is 6. The van der Waals surface area contributed by atoms with E-state index in [1.54, 1.807) is 20.3 Å². The van der Waals surface area contributed by atoms with Crippen LogP contribution in [0.5, 0.6) is 11.5 Å². The average molecular weight is 331 g/mol. The number of carbonyl (C=O) groups is 1. The molecule has 7 nitrogen and oxygen atoms in total. The smallest absolute Gasteiger partial charge is 0.273 e. The molecule has 128 valence electrons. The second-order valence-electron chi connectivity index (χ2n) is 5.77. The number of methoxy groups -OCH3 is 2. The van der Waals surface area contributed by atoms with Crippen molar-refractivity contribution in [3.8, 4) is 11.5 Å². The Morgan fingerprint density at radius 3 is 2.71 bits per heavy atom. The molecule has 1 aromatic carbocycles. The highest BCUT2D eigenvalue weighted by Crippen LogP contribution is 2.31. The van der Waals surface area contributed by atoms with Crippen LogP contribution in [0.25, 0.3) is 0 Å². The van der Waals surface area contributed by atoms with Crippen LogP contribution in [0.3, 0.4) is 0 Å². The number of hydrogen-bond donors (Lipinski definition) is 1. The molecule has 0 aliphatic carbocycles. The number of nitrogens with one attached hydrogen (secondary N) is 1. The third-order valence-electron chi connectivity index (χ3n) is 4.21. The first-order chi connectivity index (χ1) is 11.7. The lowest BCUT2D eigenvalue weighted by atomic mass is 10.1. The summed E-state index contributed by atoms with van der Waals surface area (Å²) >= 11 is 0. The lowest BCUT2D eigenvalue weighted by Crippen LogP contribution is -2.31. The van der Waals surface area contributed by atoms with Crippen molar-refractivity contribution in [3.05, 3.63) is 36.2 Å². The highest BCUT2D eigenvalue weighted by Gasteiger charge is 2.24. The largest absolute Gasteiger partial charge is 0.497 e. The predicted octanol–water partition coefficient (Wildman–Crippen LogP) is 1.95. The number of benzene rings is 1. The molecule has 0 radical (unpaired) electrons. The van der Waals surface area contributed by atoms with Gasteiger partial charge in [-0.2, -0.15) is 0 Å². The number of ether oxygens (including phenoxy) is 2. The van der Waals surface area contributed by atoms with E-state index in [1.165, 1.54) is 6.26 Å². The summed E-state index contributed by atoms with van der Waals surface area (Å²) in [6, 6.07) is 7.41. The first kappa shape index (κ1) is 16.2. The summed E-state index contributed by atoms with van der Waals surface area (Å²) in [6.45, 7) is 2.42. The van der Waals surface area contributed by atoms with E-state index < -0.39 is 0 Å². The normalized spacial score (nSPS) is 16.9. The summed E-state index contributed by atoms with van der Waals surface area (Å²) in [5, 5.41) is 6.54. The fourth-order valence-electron chi connectivity index (χ4n) is 2.87. The van der Waals surface area contributed by atoms with Gasteiger partial charge in [0.15, 0.2) is 5.69 Å². The molecule has 1 aliphatic rings. The number of carbonyl (C=O) groups excluding carboxylic acids is 1. The fourth-order valence-corrected chi connectivity index (χ4v) is 2.87. The molecule has 2 heterocycles. The van der Waals surface area contributed by atoms with Crippen LogP contribution in [0.15, 0.2) is 35.1 Å². The van der Waals surface area contributed by atoms with Gasteiger partial charge in [-0.15, -0.1) is 0 Å². The molecule has 1 aliphatic heterocycles. The highest BCUT2D eigenvalue weighted by molar-refractivity contribution is 5.91. The van der Waals surface area contributed by atoms with Gasteiger partial charge in [-0.3, -0.25) is 4.79 Å². The van der Waals surface area contributed by atoms with Crippen molar-refractivity contribution in [1.29, 1.82) is 0 Å². The summed E-state index contributed by atoms with van der Waals surface area (Å²) in [6.07, 6.45) is 2.40. The van der Waals surface area contributed by atoms with Gasteiger partial charge in [0, 0.05) is 49.6 Å². The van der Waals surface area contributed by atoms with E-state index in [0.29, 0.717) is 18.2 Å². The van der Waals surface area contributed by atoms with Gasteiger partial charge in [-0.1, -0.05) is 5.16 Å². The molecule has 1 atom stereocenters. The zero-order valence-corrected chi connectivity index (χ0v) is 13.8. The molecule has 24 heavy (non-hydrogen) atoms. The zero-order chi connectivity index (χ0) is 16.9. The Balaban J connectivity index is 1.58. The van der Waals surface area contributed by atoms with Crippen LogP contribution in [-0.2, 0) is 0 Å². The Morgan fingerprint density at radius 2 is 2.08 bits per heavy atom. The maximum absolute atomic E-state index is 11.9. The van der Waals surface area contributed by atoms with Crippen LogP contribution >= 0.6 is 0 Å². The third kappa shape index (κ3) is 3.61. The van der Waals surface area contributed by atoms with Crippen LogP contribution in [0, 0.1) is 5.92 Å². The Hall–Kier alpha value is -2.70. The number of aromatic nitrogens is 1. The van der Waals surface area contributed by atoms with E-state index in [0.717, 1.165) is 36.7 Å². The molecule has 1 saturated heterocycles. The standard InChI is InChI=1S/C17H21N3O4/c1-22-14-7-13(8-15(9-14)23-2)20-5-3-12(11-20)10-18-17(21)16-4-6-24-19-16/h4,6-9,12H,3,5,10-11H2,1-2H3,(H,18,21)/t12-/m1/s1.